The lowest BCUT2D eigenvalue weighted by molar-refractivity contribution is -0.612. The van der Waals surface area contributed by atoms with E-state index in [1.54, 1.807) is 12.1 Å². The van der Waals surface area contributed by atoms with Gasteiger partial charge in [0, 0.05) is 6.07 Å². The Morgan fingerprint density at radius 3 is 2.47 bits per heavy atom. The van der Waals surface area contributed by atoms with Gasteiger partial charge in [0.25, 0.3) is 0 Å². The van der Waals surface area contributed by atoms with E-state index < -0.39 is 0 Å². The predicted molar refractivity (Wildman–Crippen MR) is 68.9 cm³/mol. The number of pyridine rings is 1. The van der Waals surface area contributed by atoms with Crippen LogP contribution in [0.25, 0.3) is 0 Å². The molecule has 0 aliphatic carbocycles. The van der Waals surface area contributed by atoms with Gasteiger partial charge in [0.15, 0.2) is 6.20 Å². The zero-order valence-electron chi connectivity index (χ0n) is 10.7. The van der Waals surface area contributed by atoms with Crippen LogP contribution in [0, 0.1) is 5.21 Å². The van der Waals surface area contributed by atoms with Gasteiger partial charge in [0.05, 0.1) is 12.7 Å². The van der Waals surface area contributed by atoms with E-state index in [4.69, 9.17) is 4.74 Å². The summed E-state index contributed by atoms with van der Waals surface area (Å²) in [5.41, 5.74) is 0. The van der Waals surface area contributed by atoms with E-state index in [0.29, 0.717) is 12.5 Å². The maximum Gasteiger partial charge on any atom is 0.379 e. The summed E-state index contributed by atoms with van der Waals surface area (Å²) < 4.78 is 6.18. The molecule has 0 spiro atoms. The van der Waals surface area contributed by atoms with Gasteiger partial charge in [-0.2, -0.15) is 0 Å². The smallest absolute Gasteiger partial charge is 0.379 e. The van der Waals surface area contributed by atoms with Gasteiger partial charge in [-0.25, -0.2) is 0 Å². The van der Waals surface area contributed by atoms with Crippen molar-refractivity contribution in [2.45, 2.75) is 51.9 Å². The Morgan fingerprint density at radius 1 is 1.06 bits per heavy atom. The second-order valence-corrected chi connectivity index (χ2v) is 4.33. The summed E-state index contributed by atoms with van der Waals surface area (Å²) in [6.07, 6.45) is 10.3. The molecule has 1 rings (SSSR count). The second kappa shape index (κ2) is 8.85. The lowest BCUT2D eigenvalue weighted by atomic mass is 10.1. The van der Waals surface area contributed by atoms with Crippen LogP contribution in [0.3, 0.4) is 0 Å². The van der Waals surface area contributed by atoms with Crippen molar-refractivity contribution in [1.29, 1.82) is 0 Å². The fraction of sp³-hybridized carbons (Fsp3) is 0.643. The number of nitrogens with zero attached hydrogens (tertiary/aromatic N) is 1. The molecule has 0 N–H and O–H groups in total. The average molecular weight is 237 g/mol. The molecule has 96 valence electrons. The van der Waals surface area contributed by atoms with Crippen LogP contribution in [0.2, 0.25) is 0 Å². The first-order valence-corrected chi connectivity index (χ1v) is 6.65. The van der Waals surface area contributed by atoms with Gasteiger partial charge in [-0.15, -0.1) is 4.73 Å². The van der Waals surface area contributed by atoms with E-state index >= 15 is 0 Å². The molecule has 0 aliphatic rings. The molecule has 0 atom stereocenters. The molecule has 0 radical (unpaired) electrons. The SMILES string of the molecule is CCCCCCCCCOc1cccc[n+]1[O-]. The molecule has 3 nitrogen and oxygen atoms in total. The summed E-state index contributed by atoms with van der Waals surface area (Å²) in [4.78, 5) is 0. The zero-order chi connectivity index (χ0) is 12.3. The van der Waals surface area contributed by atoms with E-state index in [0.717, 1.165) is 11.2 Å². The summed E-state index contributed by atoms with van der Waals surface area (Å²) in [6, 6.07) is 5.22. The van der Waals surface area contributed by atoms with E-state index in [2.05, 4.69) is 6.92 Å². The lowest BCUT2D eigenvalue weighted by Crippen LogP contribution is -2.28. The number of unbranched alkanes of at least 4 members (excludes halogenated alkanes) is 6. The molecular formula is C14H23NO2. The monoisotopic (exact) mass is 237 g/mol. The maximum absolute atomic E-state index is 11.2. The van der Waals surface area contributed by atoms with Crippen LogP contribution in [0.1, 0.15) is 51.9 Å². The lowest BCUT2D eigenvalue weighted by Gasteiger charge is -2.05. The van der Waals surface area contributed by atoms with E-state index in [1.165, 1.54) is 44.7 Å². The van der Waals surface area contributed by atoms with Crippen molar-refractivity contribution in [1.82, 2.24) is 0 Å². The minimum Gasteiger partial charge on any atom is -0.616 e. The van der Waals surface area contributed by atoms with Crippen LogP contribution in [-0.2, 0) is 0 Å². The van der Waals surface area contributed by atoms with Gasteiger partial charge in [-0.3, -0.25) is 0 Å². The molecule has 0 aliphatic heterocycles. The minimum absolute atomic E-state index is 0.401. The Kier molecular flexibility index (Phi) is 7.19. The number of rotatable bonds is 9. The predicted octanol–water partition coefficient (Wildman–Crippen LogP) is 3.45. The zero-order valence-corrected chi connectivity index (χ0v) is 10.7. The third kappa shape index (κ3) is 6.15. The van der Waals surface area contributed by atoms with Gasteiger partial charge in [0.2, 0.25) is 0 Å². The van der Waals surface area contributed by atoms with Crippen molar-refractivity contribution in [2.24, 2.45) is 0 Å². The normalized spacial score (nSPS) is 10.4. The molecule has 17 heavy (non-hydrogen) atoms. The number of ether oxygens (including phenoxy) is 1. The van der Waals surface area contributed by atoms with Gasteiger partial charge in [0.1, 0.15) is 0 Å². The van der Waals surface area contributed by atoms with Crippen LogP contribution < -0.4 is 9.47 Å². The van der Waals surface area contributed by atoms with Crippen LogP contribution in [0.5, 0.6) is 5.88 Å². The van der Waals surface area contributed by atoms with Crippen molar-refractivity contribution in [2.75, 3.05) is 6.61 Å². The van der Waals surface area contributed by atoms with Crippen molar-refractivity contribution in [3.63, 3.8) is 0 Å². The molecular weight excluding hydrogens is 214 g/mol. The van der Waals surface area contributed by atoms with Crippen LogP contribution in [0.15, 0.2) is 24.4 Å². The summed E-state index contributed by atoms with van der Waals surface area (Å²) in [6.45, 7) is 2.87. The Morgan fingerprint density at radius 2 is 1.76 bits per heavy atom. The molecule has 0 saturated heterocycles. The molecule has 0 unspecified atom stereocenters. The number of aromatic nitrogens is 1. The largest absolute Gasteiger partial charge is 0.616 e. The fourth-order valence-electron chi connectivity index (χ4n) is 1.76. The van der Waals surface area contributed by atoms with Crippen LogP contribution in [-0.4, -0.2) is 6.61 Å². The third-order valence-electron chi connectivity index (χ3n) is 2.79. The van der Waals surface area contributed by atoms with E-state index in [9.17, 15) is 5.21 Å². The number of hydrogen-bond donors (Lipinski definition) is 0. The molecule has 1 aromatic rings. The summed E-state index contributed by atoms with van der Waals surface area (Å²) in [5, 5.41) is 11.2. The first-order chi connectivity index (χ1) is 8.34. The van der Waals surface area contributed by atoms with Gasteiger partial charge < -0.3 is 9.94 Å². The Balaban J connectivity index is 1.99. The van der Waals surface area contributed by atoms with Gasteiger partial charge >= 0.3 is 5.88 Å². The highest BCUT2D eigenvalue weighted by molar-refractivity contribution is 5.02. The van der Waals surface area contributed by atoms with E-state index in [1.807, 2.05) is 6.07 Å². The van der Waals surface area contributed by atoms with Crippen LogP contribution in [0.4, 0.5) is 0 Å². The van der Waals surface area contributed by atoms with Crippen molar-refractivity contribution in [3.8, 4) is 5.88 Å². The molecule has 0 amide bonds. The highest BCUT2D eigenvalue weighted by Gasteiger charge is 2.02. The van der Waals surface area contributed by atoms with Crippen molar-refractivity contribution < 1.29 is 9.47 Å². The van der Waals surface area contributed by atoms with Gasteiger partial charge in [-0.1, -0.05) is 45.4 Å². The molecule has 1 heterocycles. The quantitative estimate of drug-likeness (QED) is 0.374. The Labute approximate surface area is 104 Å². The summed E-state index contributed by atoms with van der Waals surface area (Å²) >= 11 is 0. The van der Waals surface area contributed by atoms with Gasteiger partial charge in [-0.05, 0) is 12.5 Å². The first kappa shape index (κ1) is 13.8. The second-order valence-electron chi connectivity index (χ2n) is 4.33. The highest BCUT2D eigenvalue weighted by Crippen LogP contribution is 2.08. The fourth-order valence-corrected chi connectivity index (χ4v) is 1.76. The summed E-state index contributed by atoms with van der Waals surface area (Å²) in [5.74, 6) is 0.401. The molecule has 3 heteroatoms. The average Bonchev–Trinajstić information content (AvgIpc) is 2.35. The minimum atomic E-state index is 0.401. The molecule has 0 bridgehead atoms. The molecule has 0 fully saturated rings. The van der Waals surface area contributed by atoms with Crippen molar-refractivity contribution >= 4 is 0 Å². The molecule has 0 saturated carbocycles. The first-order valence-electron chi connectivity index (χ1n) is 6.65. The Hall–Kier alpha value is -1.25. The number of hydrogen-bond acceptors (Lipinski definition) is 2. The van der Waals surface area contributed by atoms with Crippen LogP contribution >= 0.6 is 0 Å². The standard InChI is InChI=1S/C14H23NO2/c1-2-3-4-5-6-7-10-13-17-14-11-8-9-12-15(14)16/h8-9,11-12H,2-7,10,13H2,1H3. The highest BCUT2D eigenvalue weighted by atomic mass is 16.5. The van der Waals surface area contributed by atoms with Crippen molar-refractivity contribution in [3.05, 3.63) is 29.6 Å². The molecule has 1 aromatic heterocycles. The molecule has 0 aromatic carbocycles. The van der Waals surface area contributed by atoms with E-state index in [-0.39, 0.29) is 0 Å². The third-order valence-corrected chi connectivity index (χ3v) is 2.79. The summed E-state index contributed by atoms with van der Waals surface area (Å²) in [7, 11) is 0. The Bertz CT molecular complexity index is 302. The topological polar surface area (TPSA) is 36.2 Å². The maximum atomic E-state index is 11.2.